The van der Waals surface area contributed by atoms with E-state index < -0.39 is 259 Å². The molecule has 6 aliphatic heterocycles. The van der Waals surface area contributed by atoms with Crippen LogP contribution in [0.25, 0.3) is 0 Å². The van der Waals surface area contributed by atoms with Crippen molar-refractivity contribution in [1.82, 2.24) is 31.9 Å². The van der Waals surface area contributed by atoms with Crippen molar-refractivity contribution in [2.75, 3.05) is 39.6 Å². The molecular formula is C48H80N6O31. The number of carbonyl (C=O) groups is 6. The van der Waals surface area contributed by atoms with E-state index in [0.29, 0.717) is 0 Å². The minimum absolute atomic E-state index is 0.757. The number of nitrogens with one attached hydrogen (secondary N) is 6. The van der Waals surface area contributed by atoms with E-state index in [1.54, 1.807) is 0 Å². The van der Waals surface area contributed by atoms with Crippen LogP contribution in [0.5, 0.6) is 0 Å². The Kier molecular flexibility index (Phi) is 25.4. The van der Waals surface area contributed by atoms with Gasteiger partial charge < -0.3 is 155 Å². The highest BCUT2D eigenvalue weighted by atomic mass is 16.8. The molecule has 6 amide bonds. The van der Waals surface area contributed by atoms with Crippen molar-refractivity contribution in [3.63, 3.8) is 0 Å². The predicted octanol–water partition coefficient (Wildman–Crippen LogP) is -13.2. The van der Waals surface area contributed by atoms with Gasteiger partial charge in [0.25, 0.3) is 0 Å². The number of amides is 6. The van der Waals surface area contributed by atoms with Crippen LogP contribution < -0.4 is 31.9 Å². The Morgan fingerprint density at radius 2 is 0.471 bits per heavy atom. The van der Waals surface area contributed by atoms with Crippen molar-refractivity contribution in [2.24, 2.45) is 0 Å². The molecule has 0 saturated carbocycles. The summed E-state index contributed by atoms with van der Waals surface area (Å²) < 4.78 is 66.1. The first-order valence-electron chi connectivity index (χ1n) is 27.1. The number of ether oxygens (including phenoxy) is 11. The van der Waals surface area contributed by atoms with E-state index in [1.807, 2.05) is 0 Å². The van der Waals surface area contributed by atoms with Gasteiger partial charge in [0.15, 0.2) is 37.7 Å². The Bertz CT molecular complexity index is 2230. The third-order valence-corrected chi connectivity index (χ3v) is 14.8. The summed E-state index contributed by atoms with van der Waals surface area (Å²) in [6.45, 7) is 0.133. The number of aliphatic hydroxyl groups excluding tert-OH is 14. The molecule has 6 aliphatic rings. The lowest BCUT2D eigenvalue weighted by Crippen LogP contribution is -2.73. The molecule has 0 aliphatic carbocycles. The van der Waals surface area contributed by atoms with Gasteiger partial charge in [-0.15, -0.1) is 0 Å². The minimum Gasteiger partial charge on any atom is -0.394 e. The van der Waals surface area contributed by atoms with Gasteiger partial charge in [0, 0.05) is 41.5 Å². The fourth-order valence-corrected chi connectivity index (χ4v) is 10.9. The molecule has 37 nitrogen and oxygen atoms in total. The Hall–Kier alpha value is -4.18. The molecule has 0 bridgehead atoms. The first kappa shape index (κ1) is 69.9. The fourth-order valence-electron chi connectivity index (χ4n) is 10.9. The van der Waals surface area contributed by atoms with Crippen LogP contribution in [0, 0.1) is 0 Å². The second-order valence-corrected chi connectivity index (χ2v) is 21.2. The predicted molar refractivity (Wildman–Crippen MR) is 269 cm³/mol. The summed E-state index contributed by atoms with van der Waals surface area (Å²) in [5.74, 6) is -5.04. The van der Waals surface area contributed by atoms with E-state index >= 15 is 0 Å². The maximum absolute atomic E-state index is 13.2. The minimum atomic E-state index is -2.08. The molecule has 6 fully saturated rings. The number of carbonyl (C=O) groups excluding carboxylic acids is 6. The average Bonchev–Trinajstić information content (AvgIpc) is 1.68. The summed E-state index contributed by atoms with van der Waals surface area (Å²) in [7, 11) is 0. The van der Waals surface area contributed by atoms with Gasteiger partial charge in [-0.1, -0.05) is 0 Å². The molecule has 488 valence electrons. The van der Waals surface area contributed by atoms with Crippen molar-refractivity contribution in [3.8, 4) is 0 Å². The first-order chi connectivity index (χ1) is 40.1. The Balaban J connectivity index is 1.38. The number of hydrogen-bond donors (Lipinski definition) is 20. The zero-order valence-corrected chi connectivity index (χ0v) is 46.8. The summed E-state index contributed by atoms with van der Waals surface area (Å²) in [5.41, 5.74) is 0. The van der Waals surface area contributed by atoms with Crippen molar-refractivity contribution in [2.45, 2.75) is 225 Å². The zero-order chi connectivity index (χ0) is 63.0. The van der Waals surface area contributed by atoms with Crippen LogP contribution in [-0.2, 0) is 80.9 Å². The summed E-state index contributed by atoms with van der Waals surface area (Å²) in [5, 5.41) is 168. The van der Waals surface area contributed by atoms with Crippen molar-refractivity contribution in [1.29, 1.82) is 0 Å². The first-order valence-corrected chi connectivity index (χ1v) is 27.1. The zero-order valence-electron chi connectivity index (χ0n) is 46.8. The number of rotatable bonds is 22. The topological polar surface area (TPSA) is 559 Å². The number of aliphatic hydroxyl groups is 14. The van der Waals surface area contributed by atoms with E-state index in [1.165, 1.54) is 0 Å². The molecular weight excluding hydrogens is 1160 g/mol. The molecule has 20 N–H and O–H groups in total. The largest absolute Gasteiger partial charge is 0.394 e. The van der Waals surface area contributed by atoms with E-state index in [9.17, 15) is 100 Å². The normalized spacial score (nSPS) is 44.0. The van der Waals surface area contributed by atoms with Crippen LogP contribution in [0.15, 0.2) is 0 Å². The lowest BCUT2D eigenvalue weighted by atomic mass is 9.92. The van der Waals surface area contributed by atoms with Crippen LogP contribution in [-0.4, -0.2) is 330 Å². The van der Waals surface area contributed by atoms with E-state index in [-0.39, 0.29) is 0 Å². The van der Waals surface area contributed by atoms with Gasteiger partial charge in [-0.2, -0.15) is 0 Å². The molecule has 85 heavy (non-hydrogen) atoms. The highest BCUT2D eigenvalue weighted by Crippen LogP contribution is 2.37. The van der Waals surface area contributed by atoms with Gasteiger partial charge in [0.05, 0.1) is 39.6 Å². The molecule has 6 rings (SSSR count). The molecule has 0 aromatic carbocycles. The summed E-state index contributed by atoms with van der Waals surface area (Å²) in [6.07, 6.45) is -45.1. The maximum Gasteiger partial charge on any atom is 0.217 e. The summed E-state index contributed by atoms with van der Waals surface area (Å²) in [4.78, 5) is 76.8. The standard InChI is InChI=1S/C48H80N6O31/c1-13(61)49-25-37(73)31(67)19(7-55)76-44(25)82-39-27(51-15(3)63)46(78-21(9-57)33(39)69)84-41-29(53-17(5)65)48(80-23(11-59)35(41)71)85-42-30(54-18(6)66)47(79-24(12-60)36(42)72)83-40-28(52-16(4)64)45(77-22(10-58)34(40)70)81-38-26(50-14(2)62)43(74)75-20(8-56)32(38)68/h19-48,55-60,67-74H,7-12H2,1-6H3,(H,49,61)(H,50,62)(H,51,63)(H,52,64)(H,53,65)(H,54,66). The second kappa shape index (κ2) is 30.8. The van der Waals surface area contributed by atoms with Crippen molar-refractivity contribution in [3.05, 3.63) is 0 Å². The van der Waals surface area contributed by atoms with Crippen LogP contribution in [0.1, 0.15) is 41.5 Å². The van der Waals surface area contributed by atoms with Crippen molar-refractivity contribution >= 4 is 35.4 Å². The van der Waals surface area contributed by atoms with E-state index in [0.717, 1.165) is 41.5 Å². The number of hydrogen-bond acceptors (Lipinski definition) is 31. The summed E-state index contributed by atoms with van der Waals surface area (Å²) in [6, 6.07) is -10.5. The molecule has 6 saturated heterocycles. The van der Waals surface area contributed by atoms with Crippen molar-refractivity contribution < 1.29 is 152 Å². The second-order valence-electron chi connectivity index (χ2n) is 21.2. The molecule has 30 atom stereocenters. The quantitative estimate of drug-likeness (QED) is 0.0479. The van der Waals surface area contributed by atoms with Gasteiger partial charge >= 0.3 is 0 Å². The van der Waals surface area contributed by atoms with Gasteiger partial charge in [0.1, 0.15) is 146 Å². The molecule has 30 unspecified atom stereocenters. The van der Waals surface area contributed by atoms with Gasteiger partial charge in [-0.25, -0.2) is 0 Å². The highest BCUT2D eigenvalue weighted by Gasteiger charge is 2.59. The van der Waals surface area contributed by atoms with Gasteiger partial charge in [0.2, 0.25) is 35.4 Å². The molecule has 0 radical (unpaired) electrons. The van der Waals surface area contributed by atoms with Crippen LogP contribution in [0.4, 0.5) is 0 Å². The maximum atomic E-state index is 13.2. The molecule has 37 heteroatoms. The smallest absolute Gasteiger partial charge is 0.217 e. The van der Waals surface area contributed by atoms with Crippen LogP contribution in [0.3, 0.4) is 0 Å². The monoisotopic (exact) mass is 1240 g/mol. The Morgan fingerprint density at radius 1 is 0.282 bits per heavy atom. The fraction of sp³-hybridized carbons (Fsp3) is 0.875. The Morgan fingerprint density at radius 3 is 0.706 bits per heavy atom. The summed E-state index contributed by atoms with van der Waals surface area (Å²) >= 11 is 0. The average molecular weight is 1240 g/mol. The van der Waals surface area contributed by atoms with Crippen LogP contribution >= 0.6 is 0 Å². The van der Waals surface area contributed by atoms with Gasteiger partial charge in [-0.05, 0) is 0 Å². The molecule has 0 aromatic rings. The van der Waals surface area contributed by atoms with E-state index in [2.05, 4.69) is 31.9 Å². The third-order valence-electron chi connectivity index (χ3n) is 14.8. The molecule has 6 heterocycles. The molecule has 0 aromatic heterocycles. The lowest BCUT2D eigenvalue weighted by molar-refractivity contribution is -0.366. The van der Waals surface area contributed by atoms with E-state index in [4.69, 9.17) is 52.1 Å². The molecule has 0 spiro atoms. The third kappa shape index (κ3) is 16.4. The van der Waals surface area contributed by atoms with Crippen LogP contribution in [0.2, 0.25) is 0 Å². The van der Waals surface area contributed by atoms with Gasteiger partial charge in [-0.3, -0.25) is 28.8 Å². The lowest BCUT2D eigenvalue weighted by Gasteiger charge is -2.52. The highest BCUT2D eigenvalue weighted by molar-refractivity contribution is 5.75. The Labute approximate surface area is 483 Å². The SMILES string of the molecule is CC(=O)NC1C(OC2C(O)C(CO)OC(OC3C(O)C(CO)OC(OC4C(O)C(CO)OC(OC5C(O)C(CO)OC(OC6C(O)C(CO)OC(O)C6NC(C)=O)C5NC(C)=O)C4NC(C)=O)C3NC(C)=O)C2NC(C)=O)OC(CO)C(O)C1O.